The first-order chi connectivity index (χ1) is 13.0. The average molecular weight is 381 g/mol. The fraction of sp³-hybridized carbons (Fsp3) is 0.636. The van der Waals surface area contributed by atoms with Crippen molar-refractivity contribution in [3.63, 3.8) is 0 Å². The van der Waals surface area contributed by atoms with Crippen molar-refractivity contribution < 1.29 is 24.2 Å². The van der Waals surface area contributed by atoms with Crippen LogP contribution in [0.4, 0.5) is 0 Å². The number of rotatable bonds is 15. The highest BCUT2D eigenvalue weighted by molar-refractivity contribution is 5.95. The van der Waals surface area contributed by atoms with E-state index in [4.69, 9.17) is 14.6 Å². The molecule has 5 nitrogen and oxygen atoms in total. The van der Waals surface area contributed by atoms with Gasteiger partial charge in [0.15, 0.2) is 6.10 Å². The summed E-state index contributed by atoms with van der Waals surface area (Å²) in [6, 6.07) is 0. The Kier molecular flexibility index (Phi) is 14.9. The third-order valence-electron chi connectivity index (χ3n) is 4.09. The standard InChI is InChI=1S/C22H36O5/c1-5-9-11-12-14-20(17-26-16-18(7-3)13-10-6-2)27-22(25)19(8-4)15-21(23)24/h12,14-16,20H,5-11,13,17H2,1-4H3,(H,23,24)/b14-12?,18-16?,19-15+. The molecule has 0 bridgehead atoms. The molecule has 1 N–H and O–H groups in total. The number of carboxylic acid groups (broad SMARTS) is 1. The molecule has 0 rings (SSSR count). The molecule has 0 aliphatic heterocycles. The molecular formula is C22H36O5. The van der Waals surface area contributed by atoms with Crippen LogP contribution in [-0.4, -0.2) is 29.8 Å². The zero-order valence-electron chi connectivity index (χ0n) is 17.3. The number of ether oxygens (including phenoxy) is 2. The number of hydrogen-bond acceptors (Lipinski definition) is 4. The fourth-order valence-electron chi connectivity index (χ4n) is 2.35. The number of carboxylic acids is 1. The lowest BCUT2D eigenvalue weighted by molar-refractivity contribution is -0.144. The molecule has 0 radical (unpaired) electrons. The Bertz CT molecular complexity index is 517. The highest BCUT2D eigenvalue weighted by Crippen LogP contribution is 2.13. The first kappa shape index (κ1) is 25.0. The van der Waals surface area contributed by atoms with Gasteiger partial charge in [0.25, 0.3) is 0 Å². The van der Waals surface area contributed by atoms with Gasteiger partial charge in [-0.25, -0.2) is 9.59 Å². The molecule has 0 aromatic carbocycles. The molecule has 0 heterocycles. The van der Waals surface area contributed by atoms with Crippen molar-refractivity contribution in [1.82, 2.24) is 0 Å². The normalized spacial score (nSPS) is 13.6. The van der Waals surface area contributed by atoms with Gasteiger partial charge in [-0.3, -0.25) is 0 Å². The van der Waals surface area contributed by atoms with Crippen molar-refractivity contribution in [2.75, 3.05) is 6.61 Å². The number of esters is 1. The van der Waals surface area contributed by atoms with Gasteiger partial charge in [0, 0.05) is 11.6 Å². The number of carbonyl (C=O) groups excluding carboxylic acids is 1. The molecule has 0 aliphatic carbocycles. The summed E-state index contributed by atoms with van der Waals surface area (Å²) in [6.45, 7) is 8.31. The summed E-state index contributed by atoms with van der Waals surface area (Å²) in [5.41, 5.74) is 1.37. The molecule has 154 valence electrons. The van der Waals surface area contributed by atoms with Crippen LogP contribution in [0, 0.1) is 0 Å². The Morgan fingerprint density at radius 3 is 2.30 bits per heavy atom. The van der Waals surface area contributed by atoms with Crippen molar-refractivity contribution in [3.05, 3.63) is 35.6 Å². The quantitative estimate of drug-likeness (QED) is 0.132. The minimum atomic E-state index is -1.15. The average Bonchev–Trinajstić information content (AvgIpc) is 2.65. The SMILES string of the molecule is CCCCC=CC(COC=C(CC)CCCC)OC(=O)/C(=C/C(=O)O)CC. The van der Waals surface area contributed by atoms with E-state index in [1.807, 2.05) is 12.2 Å². The van der Waals surface area contributed by atoms with E-state index in [1.54, 1.807) is 13.2 Å². The minimum absolute atomic E-state index is 0.141. The molecule has 0 amide bonds. The third kappa shape index (κ3) is 12.9. The van der Waals surface area contributed by atoms with Crippen LogP contribution in [0.2, 0.25) is 0 Å². The molecule has 0 aromatic heterocycles. The first-order valence-electron chi connectivity index (χ1n) is 10.1. The maximum absolute atomic E-state index is 12.2. The predicted molar refractivity (Wildman–Crippen MR) is 108 cm³/mol. The van der Waals surface area contributed by atoms with Crippen LogP contribution in [0.3, 0.4) is 0 Å². The summed E-state index contributed by atoms with van der Waals surface area (Å²) in [7, 11) is 0. The predicted octanol–water partition coefficient (Wildman–Crippen LogP) is 5.57. The Hall–Kier alpha value is -2.04. The highest BCUT2D eigenvalue weighted by Gasteiger charge is 2.16. The lowest BCUT2D eigenvalue weighted by atomic mass is 10.1. The van der Waals surface area contributed by atoms with Gasteiger partial charge < -0.3 is 14.6 Å². The lowest BCUT2D eigenvalue weighted by Gasteiger charge is -2.15. The molecule has 0 saturated heterocycles. The fourth-order valence-corrected chi connectivity index (χ4v) is 2.35. The molecular weight excluding hydrogens is 344 g/mol. The summed E-state index contributed by atoms with van der Waals surface area (Å²) in [6.07, 6.45) is 13.5. The largest absolute Gasteiger partial charge is 0.497 e. The number of unbranched alkanes of at least 4 members (excludes halogenated alkanes) is 3. The zero-order chi connectivity index (χ0) is 20.5. The van der Waals surface area contributed by atoms with Gasteiger partial charge in [0.2, 0.25) is 0 Å². The molecule has 0 fully saturated rings. The van der Waals surface area contributed by atoms with E-state index in [-0.39, 0.29) is 12.2 Å². The van der Waals surface area contributed by atoms with Gasteiger partial charge in [0.05, 0.1) is 6.26 Å². The Morgan fingerprint density at radius 1 is 1.04 bits per heavy atom. The number of carbonyl (C=O) groups is 2. The maximum Gasteiger partial charge on any atom is 0.334 e. The van der Waals surface area contributed by atoms with Crippen LogP contribution in [0.15, 0.2) is 35.6 Å². The van der Waals surface area contributed by atoms with Crippen LogP contribution in [0.5, 0.6) is 0 Å². The van der Waals surface area contributed by atoms with Gasteiger partial charge in [0.1, 0.15) is 6.61 Å². The van der Waals surface area contributed by atoms with E-state index in [1.165, 1.54) is 5.57 Å². The van der Waals surface area contributed by atoms with E-state index in [0.29, 0.717) is 6.42 Å². The van der Waals surface area contributed by atoms with Crippen molar-refractivity contribution in [1.29, 1.82) is 0 Å². The smallest absolute Gasteiger partial charge is 0.334 e. The molecule has 27 heavy (non-hydrogen) atoms. The topological polar surface area (TPSA) is 72.8 Å². The highest BCUT2D eigenvalue weighted by atomic mass is 16.6. The molecule has 0 aliphatic rings. The van der Waals surface area contributed by atoms with Crippen LogP contribution < -0.4 is 0 Å². The molecule has 1 unspecified atom stereocenters. The van der Waals surface area contributed by atoms with Gasteiger partial charge in [-0.1, -0.05) is 53.0 Å². The summed E-state index contributed by atoms with van der Waals surface area (Å²) in [5.74, 6) is -1.76. The number of hydrogen-bond donors (Lipinski definition) is 1. The third-order valence-corrected chi connectivity index (χ3v) is 4.09. The summed E-state index contributed by atoms with van der Waals surface area (Å²) >= 11 is 0. The van der Waals surface area contributed by atoms with Gasteiger partial charge in [-0.05, 0) is 43.8 Å². The van der Waals surface area contributed by atoms with Crippen molar-refractivity contribution in [3.8, 4) is 0 Å². The van der Waals surface area contributed by atoms with Gasteiger partial charge in [-0.15, -0.1) is 0 Å². The summed E-state index contributed by atoms with van der Waals surface area (Å²) < 4.78 is 11.1. The Balaban J connectivity index is 4.95. The molecule has 0 spiro atoms. The number of allylic oxidation sites excluding steroid dienone is 2. The van der Waals surface area contributed by atoms with Crippen LogP contribution >= 0.6 is 0 Å². The molecule has 0 saturated carbocycles. The lowest BCUT2D eigenvalue weighted by Crippen LogP contribution is -2.22. The second-order valence-corrected chi connectivity index (χ2v) is 6.44. The maximum atomic E-state index is 12.2. The molecule has 5 heteroatoms. The van der Waals surface area contributed by atoms with E-state index in [2.05, 4.69) is 20.8 Å². The van der Waals surface area contributed by atoms with E-state index in [9.17, 15) is 9.59 Å². The van der Waals surface area contributed by atoms with Crippen LogP contribution in [0.25, 0.3) is 0 Å². The van der Waals surface area contributed by atoms with E-state index >= 15 is 0 Å². The minimum Gasteiger partial charge on any atom is -0.497 e. The van der Waals surface area contributed by atoms with Crippen LogP contribution in [0.1, 0.15) is 79.1 Å². The zero-order valence-corrected chi connectivity index (χ0v) is 17.3. The molecule has 0 aromatic rings. The van der Waals surface area contributed by atoms with Crippen molar-refractivity contribution in [2.45, 2.75) is 85.2 Å². The van der Waals surface area contributed by atoms with Crippen molar-refractivity contribution in [2.24, 2.45) is 0 Å². The summed E-state index contributed by atoms with van der Waals surface area (Å²) in [5, 5.41) is 8.87. The van der Waals surface area contributed by atoms with Gasteiger partial charge >= 0.3 is 11.9 Å². The number of aliphatic carboxylic acids is 1. The van der Waals surface area contributed by atoms with E-state index < -0.39 is 18.0 Å². The Labute approximate surface area is 164 Å². The van der Waals surface area contributed by atoms with Crippen molar-refractivity contribution >= 4 is 11.9 Å². The monoisotopic (exact) mass is 380 g/mol. The Morgan fingerprint density at radius 2 is 1.74 bits per heavy atom. The summed E-state index contributed by atoms with van der Waals surface area (Å²) in [4.78, 5) is 23.1. The van der Waals surface area contributed by atoms with Gasteiger partial charge in [-0.2, -0.15) is 0 Å². The second kappa shape index (κ2) is 16.2. The van der Waals surface area contributed by atoms with Crippen LogP contribution in [-0.2, 0) is 19.1 Å². The second-order valence-electron chi connectivity index (χ2n) is 6.44. The first-order valence-corrected chi connectivity index (χ1v) is 10.1. The van der Waals surface area contributed by atoms with E-state index in [0.717, 1.165) is 51.0 Å². The molecule has 1 atom stereocenters.